The van der Waals surface area contributed by atoms with Gasteiger partial charge in [-0.25, -0.2) is 13.4 Å². The third kappa shape index (κ3) is 9.10. The molecule has 3 amide bonds. The van der Waals surface area contributed by atoms with Crippen LogP contribution in [0.4, 0.5) is 0 Å². The maximum Gasteiger partial charge on any atom is 0.308 e. The summed E-state index contributed by atoms with van der Waals surface area (Å²) in [7, 11) is -3.53. The third-order valence-electron chi connectivity index (χ3n) is 6.52. The van der Waals surface area contributed by atoms with Crippen LogP contribution in [0.5, 0.6) is 0 Å². The quantitative estimate of drug-likeness (QED) is 0.417. The average Bonchev–Trinajstić information content (AvgIpc) is 2.82. The van der Waals surface area contributed by atoms with Gasteiger partial charge in [0.2, 0.25) is 11.8 Å². The molecule has 3 atom stereocenters. The van der Waals surface area contributed by atoms with E-state index in [2.05, 4.69) is 15.6 Å². The lowest BCUT2D eigenvalue weighted by Gasteiger charge is -2.44. The first-order valence-electron chi connectivity index (χ1n) is 13.7. The van der Waals surface area contributed by atoms with Crippen LogP contribution in [0.2, 0.25) is 0 Å². The molecule has 1 aromatic carbocycles. The largest absolute Gasteiger partial charge is 0.460 e. The van der Waals surface area contributed by atoms with Gasteiger partial charge in [0, 0.05) is 23.6 Å². The maximum absolute atomic E-state index is 13.7. The van der Waals surface area contributed by atoms with E-state index in [-0.39, 0.29) is 12.1 Å². The molecule has 2 N–H and O–H groups in total. The summed E-state index contributed by atoms with van der Waals surface area (Å²) in [6.45, 7) is 10.8. The van der Waals surface area contributed by atoms with E-state index < -0.39 is 62.7 Å². The molecule has 1 aromatic heterocycles. The van der Waals surface area contributed by atoms with Crippen molar-refractivity contribution in [2.24, 2.45) is 5.41 Å². The fraction of sp³-hybridized carbons (Fsp3) is 0.500. The van der Waals surface area contributed by atoms with E-state index in [0.29, 0.717) is 18.5 Å². The molecule has 0 aliphatic carbocycles. The van der Waals surface area contributed by atoms with Gasteiger partial charge in [0.15, 0.2) is 9.84 Å². The number of likely N-dealkylation sites (tertiary alicyclic amines) is 1. The van der Waals surface area contributed by atoms with Crippen LogP contribution in [0.3, 0.4) is 0 Å². The number of esters is 1. The fourth-order valence-electron chi connectivity index (χ4n) is 4.38. The van der Waals surface area contributed by atoms with Crippen molar-refractivity contribution in [3.63, 3.8) is 0 Å². The van der Waals surface area contributed by atoms with Gasteiger partial charge < -0.3 is 20.3 Å². The van der Waals surface area contributed by atoms with Crippen molar-refractivity contribution >= 4 is 44.4 Å². The molecule has 228 valence electrons. The highest BCUT2D eigenvalue weighted by atomic mass is 32.2. The van der Waals surface area contributed by atoms with Crippen LogP contribution < -0.4 is 10.6 Å². The molecule has 42 heavy (non-hydrogen) atoms. The van der Waals surface area contributed by atoms with Gasteiger partial charge in [-0.3, -0.25) is 19.2 Å². The molecular weight excluding hydrogens is 560 g/mol. The van der Waals surface area contributed by atoms with Gasteiger partial charge in [0.05, 0.1) is 18.0 Å². The van der Waals surface area contributed by atoms with Gasteiger partial charge in [-0.05, 0) is 44.7 Å². The van der Waals surface area contributed by atoms with Crippen molar-refractivity contribution < 1.29 is 32.3 Å². The zero-order chi connectivity index (χ0) is 31.5. The van der Waals surface area contributed by atoms with Crippen LogP contribution in [0.25, 0.3) is 10.9 Å². The lowest BCUT2D eigenvalue weighted by atomic mass is 9.84. The highest BCUT2D eigenvalue weighted by Gasteiger charge is 2.44. The normalized spacial score (nSPS) is 17.3. The van der Waals surface area contributed by atoms with Crippen LogP contribution in [-0.2, 0) is 29.0 Å². The van der Waals surface area contributed by atoms with Gasteiger partial charge >= 0.3 is 5.97 Å². The number of hydrogen-bond acceptors (Lipinski definition) is 8. The molecule has 0 spiro atoms. The molecule has 11 nitrogen and oxygen atoms in total. The SMILES string of the molecule is CC(C)(C)OC(=O)C[C@@H](/C=C/S(C)(=O)=O)NC(=O)[C@H]1CCN1C(=O)C(NC(=O)c1ccc2ccccc2n1)C(C)(C)C. The highest BCUT2D eigenvalue weighted by molar-refractivity contribution is 7.93. The first-order chi connectivity index (χ1) is 19.3. The number of ether oxygens (including phenoxy) is 1. The number of fused-ring (bicyclic) bond motifs is 1. The second kappa shape index (κ2) is 12.6. The number of hydrogen-bond donors (Lipinski definition) is 2. The predicted octanol–water partition coefficient (Wildman–Crippen LogP) is 2.76. The Morgan fingerprint density at radius 3 is 2.29 bits per heavy atom. The summed E-state index contributed by atoms with van der Waals surface area (Å²) in [6.07, 6.45) is 2.28. The van der Waals surface area contributed by atoms with E-state index in [4.69, 9.17) is 4.74 Å². The van der Waals surface area contributed by atoms with Crippen LogP contribution in [0, 0.1) is 5.41 Å². The molecule has 2 heterocycles. The predicted molar refractivity (Wildman–Crippen MR) is 159 cm³/mol. The number of pyridine rings is 1. The fourth-order valence-corrected chi connectivity index (χ4v) is 4.86. The molecule has 0 bridgehead atoms. The van der Waals surface area contributed by atoms with Crippen LogP contribution in [0.1, 0.15) is 64.9 Å². The number of aromatic nitrogens is 1. The molecular formula is C30H40N4O7S. The summed E-state index contributed by atoms with van der Waals surface area (Å²) in [5.74, 6) is -2.11. The Hall–Kier alpha value is -3.80. The molecule has 3 rings (SSSR count). The highest BCUT2D eigenvalue weighted by Crippen LogP contribution is 2.27. The molecule has 1 aliphatic rings. The standard InChI is InChI=1S/C30H40N4O7S/c1-29(2,3)25(33-26(36)22-13-12-19-10-8-9-11-21(19)32-22)28(38)34-16-14-23(34)27(37)31-20(15-17-42(7,39)40)18-24(35)41-30(4,5)6/h8-13,15,17,20,23,25H,14,16,18H2,1-7H3,(H,31,37)(H,33,36)/b17-15+/t20-,23-,25?/m1/s1. The molecule has 1 aliphatic heterocycles. The van der Waals surface area contributed by atoms with E-state index in [9.17, 15) is 27.6 Å². The van der Waals surface area contributed by atoms with Gasteiger partial charge in [0.1, 0.15) is 23.4 Å². The lowest BCUT2D eigenvalue weighted by molar-refractivity contribution is -0.156. The number of benzene rings is 1. The minimum atomic E-state index is -3.53. The smallest absolute Gasteiger partial charge is 0.308 e. The zero-order valence-electron chi connectivity index (χ0n) is 25.1. The van der Waals surface area contributed by atoms with Gasteiger partial charge in [-0.15, -0.1) is 0 Å². The van der Waals surface area contributed by atoms with Crippen molar-refractivity contribution in [2.75, 3.05) is 12.8 Å². The zero-order valence-corrected chi connectivity index (χ0v) is 25.9. The Morgan fingerprint density at radius 2 is 1.71 bits per heavy atom. The summed E-state index contributed by atoms with van der Waals surface area (Å²) in [4.78, 5) is 58.3. The van der Waals surface area contributed by atoms with E-state index in [0.717, 1.165) is 17.1 Å². The monoisotopic (exact) mass is 600 g/mol. The summed E-state index contributed by atoms with van der Waals surface area (Å²) in [5.41, 5.74) is -0.652. The van der Waals surface area contributed by atoms with E-state index in [1.165, 1.54) is 11.0 Å². The summed E-state index contributed by atoms with van der Waals surface area (Å²) < 4.78 is 28.7. The number of carbonyl (C=O) groups excluding carboxylic acids is 4. The number of nitrogens with zero attached hydrogens (tertiary/aromatic N) is 2. The molecule has 12 heteroatoms. The van der Waals surface area contributed by atoms with Crippen molar-refractivity contribution in [1.82, 2.24) is 20.5 Å². The Balaban J connectivity index is 1.75. The van der Waals surface area contributed by atoms with Crippen LogP contribution >= 0.6 is 0 Å². The Morgan fingerprint density at radius 1 is 1.05 bits per heavy atom. The van der Waals surface area contributed by atoms with Gasteiger partial charge in [-0.2, -0.15) is 0 Å². The molecule has 1 fully saturated rings. The number of sulfone groups is 1. The van der Waals surface area contributed by atoms with Crippen LogP contribution in [-0.4, -0.2) is 78.5 Å². The number of rotatable bonds is 9. The molecule has 0 radical (unpaired) electrons. The Labute approximate surface area is 247 Å². The first kappa shape index (κ1) is 32.7. The second-order valence-corrected chi connectivity index (χ2v) is 14.5. The van der Waals surface area contributed by atoms with Crippen LogP contribution in [0.15, 0.2) is 47.9 Å². The van der Waals surface area contributed by atoms with Crippen molar-refractivity contribution in [1.29, 1.82) is 0 Å². The van der Waals surface area contributed by atoms with E-state index in [1.54, 1.807) is 39.0 Å². The minimum absolute atomic E-state index is 0.163. The summed E-state index contributed by atoms with van der Waals surface area (Å²) in [5, 5.41) is 7.27. The summed E-state index contributed by atoms with van der Waals surface area (Å²) >= 11 is 0. The lowest BCUT2D eigenvalue weighted by Crippen LogP contribution is -2.65. The van der Waals surface area contributed by atoms with Crippen molar-refractivity contribution in [2.45, 2.75) is 78.1 Å². The van der Waals surface area contributed by atoms with E-state index >= 15 is 0 Å². The molecule has 1 unspecified atom stereocenters. The number of para-hydroxylation sites is 1. The number of amides is 3. The first-order valence-corrected chi connectivity index (χ1v) is 15.7. The third-order valence-corrected chi connectivity index (χ3v) is 7.17. The second-order valence-electron chi connectivity index (χ2n) is 12.6. The topological polar surface area (TPSA) is 152 Å². The number of carbonyl (C=O) groups is 4. The van der Waals surface area contributed by atoms with E-state index in [1.807, 2.05) is 39.0 Å². The summed E-state index contributed by atoms with van der Waals surface area (Å²) in [6, 6.07) is 7.96. The molecule has 0 saturated carbocycles. The molecule has 1 saturated heterocycles. The van der Waals surface area contributed by atoms with Crippen molar-refractivity contribution in [3.8, 4) is 0 Å². The number of nitrogens with one attached hydrogen (secondary N) is 2. The Bertz CT molecular complexity index is 1490. The van der Waals surface area contributed by atoms with Gasteiger partial charge in [0.25, 0.3) is 5.91 Å². The minimum Gasteiger partial charge on any atom is -0.460 e. The molecule has 2 aromatic rings. The van der Waals surface area contributed by atoms with Crippen molar-refractivity contribution in [3.05, 3.63) is 53.6 Å². The average molecular weight is 601 g/mol. The Kier molecular flexibility index (Phi) is 9.81. The maximum atomic E-state index is 13.7. The van der Waals surface area contributed by atoms with Gasteiger partial charge in [-0.1, -0.05) is 51.1 Å².